The van der Waals surface area contributed by atoms with Crippen molar-refractivity contribution in [1.82, 2.24) is 5.32 Å². The van der Waals surface area contributed by atoms with E-state index in [4.69, 9.17) is 11.6 Å². The van der Waals surface area contributed by atoms with Crippen molar-refractivity contribution in [2.45, 2.75) is 51.6 Å². The van der Waals surface area contributed by atoms with Crippen LogP contribution in [0.25, 0.3) is 0 Å². The molecule has 0 aliphatic heterocycles. The first-order chi connectivity index (χ1) is 13.7. The number of carbonyl (C=O) groups excluding carboxylic acids is 1. The normalized spacial score (nSPS) is 15.9. The second-order valence-corrected chi connectivity index (χ2v) is 9.98. The molecule has 2 atom stereocenters. The molecule has 0 fully saturated rings. The summed E-state index contributed by atoms with van der Waals surface area (Å²) in [5, 5.41) is 3.37. The minimum absolute atomic E-state index is 0.224. The number of rotatable bonds is 6. The quantitative estimate of drug-likeness (QED) is 0.739. The second-order valence-electron chi connectivity index (χ2n) is 7.68. The number of nitrogens with zero attached hydrogens (tertiary/aromatic N) is 1. The first-order valence-electron chi connectivity index (χ1n) is 9.84. The van der Waals surface area contributed by atoms with Crippen LogP contribution in [0.4, 0.5) is 5.69 Å². The number of amides is 1. The molecule has 2 aromatic carbocycles. The van der Waals surface area contributed by atoms with Gasteiger partial charge in [0, 0.05) is 5.02 Å². The van der Waals surface area contributed by atoms with Gasteiger partial charge in [-0.05, 0) is 74.4 Å². The Morgan fingerprint density at radius 2 is 1.76 bits per heavy atom. The lowest BCUT2D eigenvalue weighted by molar-refractivity contribution is -0.122. The number of halogens is 1. The van der Waals surface area contributed by atoms with E-state index in [9.17, 15) is 13.2 Å². The SMILES string of the molecule is C[C@H](C(=O)N[C@H](C)c1ccc2c(c1)CCCC2)N(c1cccc(Cl)c1)S(C)(=O)=O. The highest BCUT2D eigenvalue weighted by molar-refractivity contribution is 7.92. The van der Waals surface area contributed by atoms with Crippen molar-refractivity contribution in [3.8, 4) is 0 Å². The molecule has 0 saturated heterocycles. The Labute approximate surface area is 178 Å². The molecule has 1 aliphatic rings. The van der Waals surface area contributed by atoms with Crippen LogP contribution in [0.5, 0.6) is 0 Å². The van der Waals surface area contributed by atoms with Gasteiger partial charge >= 0.3 is 0 Å². The van der Waals surface area contributed by atoms with Crippen LogP contribution in [0.15, 0.2) is 42.5 Å². The van der Waals surface area contributed by atoms with Crippen molar-refractivity contribution in [2.75, 3.05) is 10.6 Å². The van der Waals surface area contributed by atoms with Crippen LogP contribution in [0, 0.1) is 0 Å². The maximum absolute atomic E-state index is 12.9. The third kappa shape index (κ3) is 5.11. The summed E-state index contributed by atoms with van der Waals surface area (Å²) in [6, 6.07) is 11.7. The Morgan fingerprint density at radius 1 is 1.07 bits per heavy atom. The molecular formula is C22H27ClN2O3S. The Morgan fingerprint density at radius 3 is 2.41 bits per heavy atom. The smallest absolute Gasteiger partial charge is 0.244 e. The number of benzene rings is 2. The van der Waals surface area contributed by atoms with Crippen LogP contribution in [0.1, 0.15) is 49.4 Å². The Balaban J connectivity index is 1.79. The van der Waals surface area contributed by atoms with Gasteiger partial charge in [0.2, 0.25) is 15.9 Å². The van der Waals surface area contributed by atoms with Crippen molar-refractivity contribution >= 4 is 33.2 Å². The monoisotopic (exact) mass is 434 g/mol. The summed E-state index contributed by atoms with van der Waals surface area (Å²) < 4.78 is 25.9. The molecule has 0 bridgehead atoms. The Bertz CT molecular complexity index is 1010. The molecule has 29 heavy (non-hydrogen) atoms. The van der Waals surface area contributed by atoms with E-state index in [1.807, 2.05) is 13.0 Å². The minimum atomic E-state index is -3.68. The predicted molar refractivity (Wildman–Crippen MR) is 118 cm³/mol. The average molecular weight is 435 g/mol. The van der Waals surface area contributed by atoms with Crippen LogP contribution in [-0.4, -0.2) is 26.6 Å². The van der Waals surface area contributed by atoms with E-state index < -0.39 is 16.1 Å². The number of nitrogens with one attached hydrogen (secondary N) is 1. The molecule has 2 aromatic rings. The molecule has 7 heteroatoms. The molecule has 0 aromatic heterocycles. The number of sulfonamides is 1. The molecule has 0 saturated carbocycles. The molecule has 1 aliphatic carbocycles. The summed E-state index contributed by atoms with van der Waals surface area (Å²) in [7, 11) is -3.68. The van der Waals surface area contributed by atoms with Crippen LogP contribution < -0.4 is 9.62 Å². The maximum Gasteiger partial charge on any atom is 0.244 e. The number of fused-ring (bicyclic) bond motifs is 1. The summed E-state index contributed by atoms with van der Waals surface area (Å²) >= 11 is 6.02. The van der Waals surface area contributed by atoms with E-state index in [2.05, 4.69) is 17.4 Å². The van der Waals surface area contributed by atoms with Crippen molar-refractivity contribution < 1.29 is 13.2 Å². The lowest BCUT2D eigenvalue weighted by Gasteiger charge is -2.29. The highest BCUT2D eigenvalue weighted by Crippen LogP contribution is 2.26. The molecule has 0 unspecified atom stereocenters. The molecule has 0 heterocycles. The molecule has 5 nitrogen and oxygen atoms in total. The molecular weight excluding hydrogens is 408 g/mol. The van der Waals surface area contributed by atoms with Crippen molar-refractivity contribution in [3.05, 3.63) is 64.2 Å². The minimum Gasteiger partial charge on any atom is -0.348 e. The fourth-order valence-electron chi connectivity index (χ4n) is 3.86. The third-order valence-electron chi connectivity index (χ3n) is 5.38. The fourth-order valence-corrected chi connectivity index (χ4v) is 5.21. The number of aryl methyl sites for hydroxylation is 2. The molecule has 156 valence electrons. The molecule has 0 radical (unpaired) electrons. The summed E-state index contributed by atoms with van der Waals surface area (Å²) in [5.74, 6) is -0.361. The summed E-state index contributed by atoms with van der Waals surface area (Å²) in [6.07, 6.45) is 5.68. The topological polar surface area (TPSA) is 66.5 Å². The van der Waals surface area contributed by atoms with E-state index in [1.165, 1.54) is 24.0 Å². The van der Waals surface area contributed by atoms with Crippen LogP contribution in [0.3, 0.4) is 0 Å². The van der Waals surface area contributed by atoms with Gasteiger partial charge in [-0.15, -0.1) is 0 Å². The van der Waals surface area contributed by atoms with E-state index >= 15 is 0 Å². The predicted octanol–water partition coefficient (Wildman–Crippen LogP) is 4.25. The Kier molecular flexibility index (Phi) is 6.54. The van der Waals surface area contributed by atoms with Gasteiger partial charge in [0.15, 0.2) is 0 Å². The van der Waals surface area contributed by atoms with Gasteiger partial charge in [-0.2, -0.15) is 0 Å². The largest absolute Gasteiger partial charge is 0.348 e. The van der Waals surface area contributed by atoms with E-state index in [0.29, 0.717) is 10.7 Å². The van der Waals surface area contributed by atoms with Gasteiger partial charge in [-0.3, -0.25) is 9.10 Å². The molecule has 1 N–H and O–H groups in total. The Hall–Kier alpha value is -2.05. The lowest BCUT2D eigenvalue weighted by atomic mass is 9.89. The number of carbonyl (C=O) groups is 1. The number of hydrogen-bond donors (Lipinski definition) is 1. The van der Waals surface area contributed by atoms with Crippen molar-refractivity contribution in [1.29, 1.82) is 0 Å². The zero-order valence-corrected chi connectivity index (χ0v) is 18.6. The first-order valence-corrected chi connectivity index (χ1v) is 12.1. The summed E-state index contributed by atoms with van der Waals surface area (Å²) in [4.78, 5) is 12.9. The fraction of sp³-hybridized carbons (Fsp3) is 0.409. The highest BCUT2D eigenvalue weighted by Gasteiger charge is 2.30. The molecule has 0 spiro atoms. The molecule has 3 rings (SSSR count). The van der Waals surface area contributed by atoms with Crippen LogP contribution >= 0.6 is 11.6 Å². The first kappa shape index (κ1) is 21.7. The zero-order chi connectivity index (χ0) is 21.2. The van der Waals surface area contributed by atoms with Gasteiger partial charge in [0.1, 0.15) is 6.04 Å². The molecule has 1 amide bonds. The van der Waals surface area contributed by atoms with Gasteiger partial charge in [0.05, 0.1) is 18.0 Å². The van der Waals surface area contributed by atoms with Gasteiger partial charge in [0.25, 0.3) is 0 Å². The van der Waals surface area contributed by atoms with Crippen molar-refractivity contribution in [3.63, 3.8) is 0 Å². The maximum atomic E-state index is 12.9. The average Bonchev–Trinajstić information content (AvgIpc) is 2.66. The highest BCUT2D eigenvalue weighted by atomic mass is 35.5. The number of hydrogen-bond acceptors (Lipinski definition) is 3. The van der Waals surface area contributed by atoms with Gasteiger partial charge < -0.3 is 5.32 Å². The summed E-state index contributed by atoms with van der Waals surface area (Å²) in [5.41, 5.74) is 4.12. The van der Waals surface area contributed by atoms with Crippen molar-refractivity contribution in [2.24, 2.45) is 0 Å². The van der Waals surface area contributed by atoms with Crippen LogP contribution in [-0.2, 0) is 27.7 Å². The van der Waals surface area contributed by atoms with E-state index in [-0.39, 0.29) is 11.9 Å². The van der Waals surface area contributed by atoms with Gasteiger partial charge in [-0.1, -0.05) is 35.9 Å². The summed E-state index contributed by atoms with van der Waals surface area (Å²) in [6.45, 7) is 3.50. The van der Waals surface area contributed by atoms with E-state index in [0.717, 1.165) is 29.0 Å². The second kappa shape index (κ2) is 8.76. The van der Waals surface area contributed by atoms with Gasteiger partial charge in [-0.25, -0.2) is 8.42 Å². The third-order valence-corrected chi connectivity index (χ3v) is 6.86. The lowest BCUT2D eigenvalue weighted by Crippen LogP contribution is -2.48. The zero-order valence-electron chi connectivity index (χ0n) is 17.0. The van der Waals surface area contributed by atoms with Crippen LogP contribution in [0.2, 0.25) is 5.02 Å². The standard InChI is InChI=1S/C22H27ClN2O3S/c1-15(18-12-11-17-7-4-5-8-19(17)13-18)24-22(26)16(2)25(29(3,27)28)21-10-6-9-20(23)14-21/h6,9-16H,4-5,7-8H2,1-3H3,(H,24,26)/t15-,16-/m1/s1. The number of anilines is 1. The van der Waals surface area contributed by atoms with E-state index in [1.54, 1.807) is 31.2 Å².